The van der Waals surface area contributed by atoms with Crippen LogP contribution in [0.4, 0.5) is 0 Å². The van der Waals surface area contributed by atoms with Gasteiger partial charge < -0.3 is 15.8 Å². The molecule has 0 heterocycles. The summed E-state index contributed by atoms with van der Waals surface area (Å²) < 4.78 is 5.66. The van der Waals surface area contributed by atoms with Crippen LogP contribution >= 0.6 is 0 Å². The van der Waals surface area contributed by atoms with E-state index < -0.39 is 5.54 Å². The standard InChI is InChI=1S/C17H26N2O2/c1-5-21-14-10-17(18,16(14,3)4)15(20)19-11-13-8-6-7-12(2)9-13/h6-9,14H,5,10-11,18H2,1-4H3,(H,19,20). The second kappa shape index (κ2) is 5.78. The van der Waals surface area contributed by atoms with Gasteiger partial charge in [0.2, 0.25) is 5.91 Å². The first-order chi connectivity index (χ1) is 9.81. The lowest BCUT2D eigenvalue weighted by atomic mass is 9.54. The molecule has 4 nitrogen and oxygen atoms in total. The van der Waals surface area contributed by atoms with Gasteiger partial charge in [-0.2, -0.15) is 0 Å². The Morgan fingerprint density at radius 3 is 2.76 bits per heavy atom. The van der Waals surface area contributed by atoms with Crippen molar-refractivity contribution in [1.82, 2.24) is 5.32 Å². The number of hydrogen-bond donors (Lipinski definition) is 2. The molecule has 0 radical (unpaired) electrons. The van der Waals surface area contributed by atoms with E-state index in [0.29, 0.717) is 19.6 Å². The number of benzene rings is 1. The van der Waals surface area contributed by atoms with Gasteiger partial charge in [-0.3, -0.25) is 4.79 Å². The lowest BCUT2D eigenvalue weighted by Gasteiger charge is -2.57. The SMILES string of the molecule is CCOC1CC(N)(C(=O)NCc2cccc(C)c2)C1(C)C. The van der Waals surface area contributed by atoms with E-state index in [2.05, 4.69) is 11.4 Å². The summed E-state index contributed by atoms with van der Waals surface area (Å²) >= 11 is 0. The van der Waals surface area contributed by atoms with E-state index in [-0.39, 0.29) is 17.4 Å². The van der Waals surface area contributed by atoms with E-state index >= 15 is 0 Å². The van der Waals surface area contributed by atoms with Gasteiger partial charge in [-0.05, 0) is 19.4 Å². The maximum Gasteiger partial charge on any atom is 0.241 e. The molecule has 2 atom stereocenters. The molecule has 4 heteroatoms. The van der Waals surface area contributed by atoms with Crippen LogP contribution in [0.5, 0.6) is 0 Å². The smallest absolute Gasteiger partial charge is 0.241 e. The largest absolute Gasteiger partial charge is 0.378 e. The van der Waals surface area contributed by atoms with Crippen molar-refractivity contribution in [2.45, 2.75) is 52.3 Å². The van der Waals surface area contributed by atoms with Crippen molar-refractivity contribution < 1.29 is 9.53 Å². The van der Waals surface area contributed by atoms with Crippen molar-refractivity contribution in [1.29, 1.82) is 0 Å². The number of amides is 1. The summed E-state index contributed by atoms with van der Waals surface area (Å²) in [6, 6.07) is 8.11. The van der Waals surface area contributed by atoms with Gasteiger partial charge >= 0.3 is 0 Å². The summed E-state index contributed by atoms with van der Waals surface area (Å²) in [6.07, 6.45) is 0.630. The van der Waals surface area contributed by atoms with Gasteiger partial charge in [0, 0.05) is 25.0 Å². The number of hydrogen-bond acceptors (Lipinski definition) is 3. The van der Waals surface area contributed by atoms with Crippen LogP contribution in [0.1, 0.15) is 38.3 Å². The minimum atomic E-state index is -0.851. The molecule has 0 aromatic heterocycles. The molecule has 1 saturated carbocycles. The zero-order valence-electron chi connectivity index (χ0n) is 13.4. The summed E-state index contributed by atoms with van der Waals surface area (Å²) in [5.74, 6) is -0.0926. The maximum absolute atomic E-state index is 12.5. The lowest BCUT2D eigenvalue weighted by molar-refractivity contribution is -0.170. The molecule has 116 valence electrons. The Morgan fingerprint density at radius 1 is 1.48 bits per heavy atom. The maximum atomic E-state index is 12.5. The Labute approximate surface area is 127 Å². The van der Waals surface area contributed by atoms with Crippen LogP contribution in [0.2, 0.25) is 0 Å². The number of aryl methyl sites for hydroxylation is 1. The number of ether oxygens (including phenoxy) is 1. The molecule has 1 amide bonds. The van der Waals surface area contributed by atoms with Crippen molar-refractivity contribution >= 4 is 5.91 Å². The Bertz CT molecular complexity index is 527. The molecule has 0 spiro atoms. The van der Waals surface area contributed by atoms with Crippen LogP contribution in [0.3, 0.4) is 0 Å². The second-order valence-electron chi connectivity index (χ2n) is 6.51. The highest BCUT2D eigenvalue weighted by Gasteiger charge is 2.62. The predicted octanol–water partition coefficient (Wildman–Crippen LogP) is 2.14. The molecule has 1 fully saturated rings. The highest BCUT2D eigenvalue weighted by Crippen LogP contribution is 2.49. The number of carbonyl (C=O) groups excluding carboxylic acids is 1. The van der Waals surface area contributed by atoms with Crippen LogP contribution in [0.15, 0.2) is 24.3 Å². The highest BCUT2D eigenvalue weighted by atomic mass is 16.5. The van der Waals surface area contributed by atoms with Gasteiger partial charge in [0.1, 0.15) is 5.54 Å². The highest BCUT2D eigenvalue weighted by molar-refractivity contribution is 5.88. The summed E-state index contributed by atoms with van der Waals surface area (Å²) in [6.45, 7) is 9.16. The molecule has 3 N–H and O–H groups in total. The summed E-state index contributed by atoms with van der Waals surface area (Å²) in [4.78, 5) is 12.5. The van der Waals surface area contributed by atoms with Gasteiger partial charge in [-0.1, -0.05) is 43.7 Å². The van der Waals surface area contributed by atoms with Crippen LogP contribution in [-0.2, 0) is 16.1 Å². The third-order valence-electron chi connectivity index (χ3n) is 4.77. The minimum absolute atomic E-state index is 0.0530. The zero-order valence-corrected chi connectivity index (χ0v) is 13.4. The molecule has 1 aromatic rings. The average molecular weight is 290 g/mol. The molecule has 1 aliphatic rings. The summed E-state index contributed by atoms with van der Waals surface area (Å²) in [5, 5.41) is 2.97. The van der Waals surface area contributed by atoms with Gasteiger partial charge in [-0.15, -0.1) is 0 Å². The van der Waals surface area contributed by atoms with E-state index in [1.807, 2.05) is 45.9 Å². The molecular weight excluding hydrogens is 264 g/mol. The van der Waals surface area contributed by atoms with E-state index in [1.54, 1.807) is 0 Å². The first-order valence-electron chi connectivity index (χ1n) is 7.55. The average Bonchev–Trinajstić information content (AvgIpc) is 2.44. The van der Waals surface area contributed by atoms with E-state index in [4.69, 9.17) is 10.5 Å². The van der Waals surface area contributed by atoms with Gasteiger partial charge in [-0.25, -0.2) is 0 Å². The zero-order chi connectivity index (χ0) is 15.7. The van der Waals surface area contributed by atoms with Gasteiger partial charge in [0.05, 0.1) is 6.10 Å². The molecule has 2 unspecified atom stereocenters. The van der Waals surface area contributed by atoms with Gasteiger partial charge in [0.15, 0.2) is 0 Å². The normalized spacial score (nSPS) is 27.0. The van der Waals surface area contributed by atoms with Crippen LogP contribution in [-0.4, -0.2) is 24.2 Å². The van der Waals surface area contributed by atoms with Crippen molar-refractivity contribution in [3.8, 4) is 0 Å². The Balaban J connectivity index is 1.98. The number of carbonyl (C=O) groups is 1. The minimum Gasteiger partial charge on any atom is -0.378 e. The van der Waals surface area contributed by atoms with Crippen LogP contribution < -0.4 is 11.1 Å². The Kier molecular flexibility index (Phi) is 4.40. The van der Waals surface area contributed by atoms with Crippen molar-refractivity contribution in [2.24, 2.45) is 11.1 Å². The topological polar surface area (TPSA) is 64.3 Å². The van der Waals surface area contributed by atoms with E-state index in [9.17, 15) is 4.79 Å². The third-order valence-corrected chi connectivity index (χ3v) is 4.77. The van der Waals surface area contributed by atoms with Crippen molar-refractivity contribution in [3.05, 3.63) is 35.4 Å². The fourth-order valence-electron chi connectivity index (χ4n) is 2.98. The lowest BCUT2D eigenvalue weighted by Crippen LogP contribution is -2.75. The summed E-state index contributed by atoms with van der Waals surface area (Å²) in [5.41, 5.74) is 7.42. The fraction of sp³-hybridized carbons (Fsp3) is 0.588. The van der Waals surface area contributed by atoms with E-state index in [1.165, 1.54) is 5.56 Å². The quantitative estimate of drug-likeness (QED) is 0.873. The van der Waals surface area contributed by atoms with Crippen molar-refractivity contribution in [3.63, 3.8) is 0 Å². The third kappa shape index (κ3) is 2.83. The molecule has 0 aliphatic heterocycles. The van der Waals surface area contributed by atoms with Crippen LogP contribution in [0.25, 0.3) is 0 Å². The second-order valence-corrected chi connectivity index (χ2v) is 6.51. The molecule has 0 bridgehead atoms. The fourth-order valence-corrected chi connectivity index (χ4v) is 2.98. The molecule has 1 aliphatic carbocycles. The Morgan fingerprint density at radius 2 is 2.19 bits per heavy atom. The van der Waals surface area contributed by atoms with Gasteiger partial charge in [0.25, 0.3) is 0 Å². The predicted molar refractivity (Wildman–Crippen MR) is 83.8 cm³/mol. The monoisotopic (exact) mass is 290 g/mol. The van der Waals surface area contributed by atoms with E-state index in [0.717, 1.165) is 5.56 Å². The van der Waals surface area contributed by atoms with Crippen molar-refractivity contribution in [2.75, 3.05) is 6.61 Å². The number of nitrogens with two attached hydrogens (primary N) is 1. The first-order valence-corrected chi connectivity index (χ1v) is 7.55. The Hall–Kier alpha value is -1.39. The first kappa shape index (κ1) is 16.0. The molecule has 1 aromatic carbocycles. The molecule has 2 rings (SSSR count). The molecular formula is C17H26N2O2. The number of nitrogens with one attached hydrogen (secondary N) is 1. The summed E-state index contributed by atoms with van der Waals surface area (Å²) in [7, 11) is 0. The number of rotatable bonds is 5. The molecule has 0 saturated heterocycles. The van der Waals surface area contributed by atoms with Crippen LogP contribution in [0, 0.1) is 12.3 Å². The molecule has 21 heavy (non-hydrogen) atoms.